The molecule has 0 spiro atoms. The third-order valence-electron chi connectivity index (χ3n) is 6.41. The van der Waals surface area contributed by atoms with Gasteiger partial charge >= 0.3 is 6.03 Å². The van der Waals surface area contributed by atoms with E-state index in [9.17, 15) is 9.59 Å². The minimum Gasteiger partial charge on any atom is -0.497 e. The largest absolute Gasteiger partial charge is 0.497 e. The highest BCUT2D eigenvalue weighted by atomic mass is 16.5. The van der Waals surface area contributed by atoms with Crippen LogP contribution in [-0.2, 0) is 11.2 Å². The molecule has 4 rings (SSSR count). The van der Waals surface area contributed by atoms with Crippen molar-refractivity contribution < 1.29 is 14.3 Å². The van der Waals surface area contributed by atoms with E-state index in [1.807, 2.05) is 91.9 Å². The van der Waals surface area contributed by atoms with Crippen molar-refractivity contribution in [2.75, 3.05) is 30.8 Å². The molecule has 1 heterocycles. The first-order chi connectivity index (χ1) is 19.0. The molecule has 0 radical (unpaired) electrons. The van der Waals surface area contributed by atoms with Gasteiger partial charge in [-0.1, -0.05) is 68.8 Å². The lowest BCUT2D eigenvalue weighted by Gasteiger charge is -2.23. The highest BCUT2D eigenvalue weighted by Gasteiger charge is 2.20. The number of para-hydroxylation sites is 1. The molecule has 0 saturated carbocycles. The number of methoxy groups -OCH3 is 1. The predicted octanol–water partition coefficient (Wildman–Crippen LogP) is 6.38. The first kappa shape index (κ1) is 27.4. The lowest BCUT2D eigenvalue weighted by atomic mass is 10.1. The number of aromatic nitrogens is 2. The van der Waals surface area contributed by atoms with E-state index < -0.39 is 0 Å². The number of urea groups is 1. The Labute approximate surface area is 229 Å². The number of carbonyl (C=O) groups excluding carboxylic acids is 2. The van der Waals surface area contributed by atoms with Crippen LogP contribution in [0.5, 0.6) is 5.75 Å². The highest BCUT2D eigenvalue weighted by molar-refractivity contribution is 5.97. The quantitative estimate of drug-likeness (QED) is 0.238. The second-order valence-electron chi connectivity index (χ2n) is 9.15. The lowest BCUT2D eigenvalue weighted by Crippen LogP contribution is -2.41. The van der Waals surface area contributed by atoms with Crippen LogP contribution in [0.3, 0.4) is 0 Å². The van der Waals surface area contributed by atoms with E-state index in [0.717, 1.165) is 53.2 Å². The fourth-order valence-corrected chi connectivity index (χ4v) is 4.24. The summed E-state index contributed by atoms with van der Waals surface area (Å²) >= 11 is 0. The fourth-order valence-electron chi connectivity index (χ4n) is 4.24. The molecule has 0 bridgehead atoms. The van der Waals surface area contributed by atoms with Gasteiger partial charge < -0.3 is 20.3 Å². The number of amides is 3. The Kier molecular flexibility index (Phi) is 9.34. The standard InChI is InChI=1S/C31H35N5O3/c1-4-6-20-35(31(38)32-27-15-11-10-12-23(27)5-2)22-30(37)33-29-21-28(24-13-8-7-9-14-24)34-36(29)25-16-18-26(39-3)19-17-25/h7-19,21H,4-6,20,22H2,1-3H3,(H,32,38)(H,33,37). The van der Waals surface area contributed by atoms with E-state index in [1.165, 1.54) is 0 Å². The molecule has 202 valence electrons. The second kappa shape index (κ2) is 13.3. The molecule has 3 amide bonds. The SMILES string of the molecule is CCCCN(CC(=O)Nc1cc(-c2ccccc2)nn1-c1ccc(OC)cc1)C(=O)Nc1ccccc1CC. The number of hydrogen-bond acceptors (Lipinski definition) is 4. The van der Waals surface area contributed by atoms with Crippen molar-refractivity contribution in [3.63, 3.8) is 0 Å². The first-order valence-corrected chi connectivity index (χ1v) is 13.3. The molecular weight excluding hydrogens is 490 g/mol. The van der Waals surface area contributed by atoms with Crippen LogP contribution in [0.15, 0.2) is 84.9 Å². The average molecular weight is 526 g/mol. The van der Waals surface area contributed by atoms with Crippen LogP contribution in [0, 0.1) is 0 Å². The van der Waals surface area contributed by atoms with Gasteiger partial charge in [-0.2, -0.15) is 5.10 Å². The Bertz CT molecular complexity index is 1380. The second-order valence-corrected chi connectivity index (χ2v) is 9.15. The monoisotopic (exact) mass is 525 g/mol. The molecule has 1 aromatic heterocycles. The summed E-state index contributed by atoms with van der Waals surface area (Å²) in [6.07, 6.45) is 2.49. The zero-order valence-corrected chi connectivity index (χ0v) is 22.7. The van der Waals surface area contributed by atoms with E-state index in [1.54, 1.807) is 16.7 Å². The van der Waals surface area contributed by atoms with Gasteiger partial charge in [0.2, 0.25) is 5.91 Å². The molecule has 0 aliphatic rings. The van der Waals surface area contributed by atoms with Crippen molar-refractivity contribution in [1.82, 2.24) is 14.7 Å². The minimum atomic E-state index is -0.306. The number of carbonyl (C=O) groups is 2. The number of nitrogens with one attached hydrogen (secondary N) is 2. The highest BCUT2D eigenvalue weighted by Crippen LogP contribution is 2.26. The van der Waals surface area contributed by atoms with Crippen LogP contribution < -0.4 is 15.4 Å². The summed E-state index contributed by atoms with van der Waals surface area (Å²) in [5.74, 6) is 0.928. The third kappa shape index (κ3) is 7.04. The van der Waals surface area contributed by atoms with E-state index in [2.05, 4.69) is 17.6 Å². The van der Waals surface area contributed by atoms with E-state index in [4.69, 9.17) is 9.84 Å². The molecule has 4 aromatic rings. The van der Waals surface area contributed by atoms with Gasteiger partial charge in [0.05, 0.1) is 18.5 Å². The van der Waals surface area contributed by atoms with Crippen LogP contribution in [-0.4, -0.2) is 46.8 Å². The molecule has 0 atom stereocenters. The van der Waals surface area contributed by atoms with Crippen LogP contribution in [0.25, 0.3) is 16.9 Å². The molecule has 8 heteroatoms. The number of rotatable bonds is 11. The number of nitrogens with zero attached hydrogens (tertiary/aromatic N) is 3. The van der Waals surface area contributed by atoms with Gasteiger partial charge in [-0.15, -0.1) is 0 Å². The lowest BCUT2D eigenvalue weighted by molar-refractivity contribution is -0.116. The van der Waals surface area contributed by atoms with Gasteiger partial charge in [0.15, 0.2) is 0 Å². The zero-order valence-electron chi connectivity index (χ0n) is 22.7. The molecular formula is C31H35N5O3. The maximum absolute atomic E-state index is 13.3. The summed E-state index contributed by atoms with van der Waals surface area (Å²) in [6.45, 7) is 4.48. The van der Waals surface area contributed by atoms with Gasteiger partial charge in [0, 0.05) is 23.9 Å². The number of anilines is 2. The molecule has 39 heavy (non-hydrogen) atoms. The summed E-state index contributed by atoms with van der Waals surface area (Å²) in [5, 5.41) is 10.7. The molecule has 0 fully saturated rings. The van der Waals surface area contributed by atoms with Crippen LogP contribution >= 0.6 is 0 Å². The van der Waals surface area contributed by atoms with Crippen molar-refractivity contribution >= 4 is 23.4 Å². The van der Waals surface area contributed by atoms with Gasteiger partial charge in [0.1, 0.15) is 18.1 Å². The van der Waals surface area contributed by atoms with Crippen LogP contribution in [0.2, 0.25) is 0 Å². The normalized spacial score (nSPS) is 10.6. The van der Waals surface area contributed by atoms with Crippen molar-refractivity contribution in [2.45, 2.75) is 33.1 Å². The zero-order chi connectivity index (χ0) is 27.6. The topological polar surface area (TPSA) is 88.5 Å². The summed E-state index contributed by atoms with van der Waals surface area (Å²) in [4.78, 5) is 28.1. The van der Waals surface area contributed by atoms with Crippen molar-refractivity contribution in [3.05, 3.63) is 90.5 Å². The van der Waals surface area contributed by atoms with Gasteiger partial charge in [0.25, 0.3) is 0 Å². The molecule has 3 aromatic carbocycles. The van der Waals surface area contributed by atoms with Gasteiger partial charge in [-0.25, -0.2) is 9.48 Å². The maximum Gasteiger partial charge on any atom is 0.322 e. The maximum atomic E-state index is 13.3. The summed E-state index contributed by atoms with van der Waals surface area (Å²) < 4.78 is 6.98. The Morgan fingerprint density at radius 3 is 2.33 bits per heavy atom. The Morgan fingerprint density at radius 1 is 0.923 bits per heavy atom. The molecule has 8 nitrogen and oxygen atoms in total. The van der Waals surface area contributed by atoms with Gasteiger partial charge in [-0.05, 0) is 48.7 Å². The number of aryl methyl sites for hydroxylation is 1. The number of unbranched alkanes of at least 4 members (excludes halogenated alkanes) is 1. The molecule has 0 aliphatic heterocycles. The fraction of sp³-hybridized carbons (Fsp3) is 0.258. The Morgan fingerprint density at radius 2 is 1.64 bits per heavy atom. The van der Waals surface area contributed by atoms with Crippen LogP contribution in [0.4, 0.5) is 16.3 Å². The minimum absolute atomic E-state index is 0.0887. The third-order valence-corrected chi connectivity index (χ3v) is 6.41. The summed E-state index contributed by atoms with van der Waals surface area (Å²) in [7, 11) is 1.61. The smallest absolute Gasteiger partial charge is 0.322 e. The average Bonchev–Trinajstić information content (AvgIpc) is 3.39. The van der Waals surface area contributed by atoms with Gasteiger partial charge in [-0.3, -0.25) is 4.79 Å². The first-order valence-electron chi connectivity index (χ1n) is 13.3. The van der Waals surface area contributed by atoms with Crippen molar-refractivity contribution in [1.29, 1.82) is 0 Å². The molecule has 0 unspecified atom stereocenters. The Balaban J connectivity index is 1.56. The van der Waals surface area contributed by atoms with E-state index in [-0.39, 0.29) is 18.5 Å². The molecule has 2 N–H and O–H groups in total. The molecule has 0 aliphatic carbocycles. The summed E-state index contributed by atoms with van der Waals surface area (Å²) in [5.41, 5.74) is 4.22. The number of ether oxygens (including phenoxy) is 1. The number of hydrogen-bond donors (Lipinski definition) is 2. The van der Waals surface area contributed by atoms with Crippen molar-refractivity contribution in [3.8, 4) is 22.7 Å². The Hall–Kier alpha value is -4.59. The van der Waals surface area contributed by atoms with E-state index >= 15 is 0 Å². The molecule has 0 saturated heterocycles. The predicted molar refractivity (Wildman–Crippen MR) is 156 cm³/mol. The van der Waals surface area contributed by atoms with Crippen LogP contribution in [0.1, 0.15) is 32.3 Å². The van der Waals surface area contributed by atoms with E-state index in [0.29, 0.717) is 12.4 Å². The van der Waals surface area contributed by atoms with Crippen molar-refractivity contribution in [2.24, 2.45) is 0 Å². The number of benzene rings is 3. The summed E-state index contributed by atoms with van der Waals surface area (Å²) in [6, 6.07) is 26.5.